The zero-order valence-electron chi connectivity index (χ0n) is 12.9. The van der Waals surface area contributed by atoms with Crippen LogP contribution in [-0.2, 0) is 16.6 Å². The number of rotatable bonds is 5. The molecule has 0 bridgehead atoms. The number of nitrogens with one attached hydrogen (secondary N) is 1. The van der Waals surface area contributed by atoms with Gasteiger partial charge in [0, 0.05) is 19.3 Å². The molecule has 0 amide bonds. The summed E-state index contributed by atoms with van der Waals surface area (Å²) in [5.41, 5.74) is 0.667. The highest BCUT2D eigenvalue weighted by Gasteiger charge is 2.16. The third-order valence-corrected chi connectivity index (χ3v) is 5.25. The first-order valence-electron chi connectivity index (χ1n) is 7.77. The van der Waals surface area contributed by atoms with Crippen LogP contribution in [0.15, 0.2) is 47.5 Å². The van der Waals surface area contributed by atoms with E-state index in [1.54, 1.807) is 42.6 Å². The highest BCUT2D eigenvalue weighted by atomic mass is 32.2. The number of hydrogen-bond acceptors (Lipinski definition) is 5. The Balaban J connectivity index is 1.69. The lowest BCUT2D eigenvalue weighted by Crippen LogP contribution is -2.31. The largest absolute Gasteiger partial charge is 0.341 e. The number of aromatic nitrogens is 2. The first-order valence-corrected chi connectivity index (χ1v) is 9.25. The normalized spacial score (nSPS) is 15.6. The van der Waals surface area contributed by atoms with E-state index in [2.05, 4.69) is 19.6 Å². The molecule has 0 spiro atoms. The van der Waals surface area contributed by atoms with Crippen molar-refractivity contribution in [2.45, 2.75) is 30.7 Å². The highest BCUT2D eigenvalue weighted by molar-refractivity contribution is 7.89. The monoisotopic (exact) mass is 332 g/mol. The molecule has 0 saturated carbocycles. The summed E-state index contributed by atoms with van der Waals surface area (Å²) in [6.07, 6.45) is 5.22. The van der Waals surface area contributed by atoms with E-state index in [-0.39, 0.29) is 11.4 Å². The summed E-state index contributed by atoms with van der Waals surface area (Å²) < 4.78 is 27.0. The number of hydrogen-bond donors (Lipinski definition) is 1. The van der Waals surface area contributed by atoms with E-state index in [4.69, 9.17) is 0 Å². The minimum atomic E-state index is -3.52. The van der Waals surface area contributed by atoms with Crippen LogP contribution < -0.4 is 9.62 Å². The molecule has 0 radical (unpaired) electrons. The Morgan fingerprint density at radius 1 is 1.04 bits per heavy atom. The molecule has 1 saturated heterocycles. The molecule has 1 aromatic heterocycles. The molecule has 1 N–H and O–H groups in total. The Hall–Kier alpha value is -1.99. The van der Waals surface area contributed by atoms with Crippen LogP contribution in [0.1, 0.15) is 25.0 Å². The molecule has 23 heavy (non-hydrogen) atoms. The Kier molecular flexibility index (Phi) is 4.88. The average Bonchev–Trinajstić information content (AvgIpc) is 2.62. The Morgan fingerprint density at radius 2 is 1.78 bits per heavy atom. The molecule has 1 aromatic carbocycles. The average molecular weight is 332 g/mol. The van der Waals surface area contributed by atoms with Crippen LogP contribution in [0.2, 0.25) is 0 Å². The van der Waals surface area contributed by atoms with Gasteiger partial charge in [-0.1, -0.05) is 18.2 Å². The van der Waals surface area contributed by atoms with Gasteiger partial charge in [-0.25, -0.2) is 23.1 Å². The van der Waals surface area contributed by atoms with E-state index in [9.17, 15) is 8.42 Å². The van der Waals surface area contributed by atoms with E-state index in [1.165, 1.54) is 6.42 Å². The quantitative estimate of drug-likeness (QED) is 0.906. The van der Waals surface area contributed by atoms with Gasteiger partial charge in [-0.3, -0.25) is 0 Å². The van der Waals surface area contributed by atoms with Gasteiger partial charge >= 0.3 is 0 Å². The molecule has 2 heterocycles. The molecule has 1 aliphatic rings. The summed E-state index contributed by atoms with van der Waals surface area (Å²) in [4.78, 5) is 11.2. The standard InChI is InChI=1S/C16H20N4O2S/c21-23(22,15-7-3-1-4-8-15)18-13-14-9-10-17-16(19-14)20-11-5-2-6-12-20/h1,3-4,7-10,18H,2,5-6,11-13H2. The molecule has 1 aliphatic heterocycles. The molecule has 0 unspecified atom stereocenters. The lowest BCUT2D eigenvalue weighted by Gasteiger charge is -2.26. The molecule has 2 aromatic rings. The maximum Gasteiger partial charge on any atom is 0.240 e. The van der Waals surface area contributed by atoms with Crippen molar-refractivity contribution in [1.29, 1.82) is 0 Å². The minimum absolute atomic E-state index is 0.153. The highest BCUT2D eigenvalue weighted by Crippen LogP contribution is 2.15. The summed E-state index contributed by atoms with van der Waals surface area (Å²) in [5, 5.41) is 0. The van der Waals surface area contributed by atoms with Gasteiger partial charge < -0.3 is 4.90 Å². The smallest absolute Gasteiger partial charge is 0.240 e. The summed E-state index contributed by atoms with van der Waals surface area (Å²) in [5.74, 6) is 0.682. The summed E-state index contributed by atoms with van der Waals surface area (Å²) in [6, 6.07) is 10.1. The van der Waals surface area contributed by atoms with Crippen LogP contribution in [0.25, 0.3) is 0 Å². The van der Waals surface area contributed by atoms with Crippen LogP contribution in [0.4, 0.5) is 5.95 Å². The topological polar surface area (TPSA) is 75.2 Å². The first-order chi connectivity index (χ1) is 11.1. The second-order valence-electron chi connectivity index (χ2n) is 5.53. The number of piperidine rings is 1. The molecule has 0 aliphatic carbocycles. The minimum Gasteiger partial charge on any atom is -0.341 e. The van der Waals surface area contributed by atoms with Crippen molar-refractivity contribution >= 4 is 16.0 Å². The van der Waals surface area contributed by atoms with E-state index in [0.717, 1.165) is 25.9 Å². The number of anilines is 1. The Labute approximate surface area is 136 Å². The van der Waals surface area contributed by atoms with Gasteiger partial charge in [-0.15, -0.1) is 0 Å². The van der Waals surface area contributed by atoms with Gasteiger partial charge in [0.05, 0.1) is 17.1 Å². The SMILES string of the molecule is O=S(=O)(NCc1ccnc(N2CCCCC2)n1)c1ccccc1. The molecule has 122 valence electrons. The predicted octanol–water partition coefficient (Wildman–Crippen LogP) is 1.95. The van der Waals surface area contributed by atoms with Crippen LogP contribution in [0.5, 0.6) is 0 Å². The van der Waals surface area contributed by atoms with Gasteiger partial charge in [0.1, 0.15) is 0 Å². The zero-order valence-corrected chi connectivity index (χ0v) is 13.7. The summed E-state index contributed by atoms with van der Waals surface area (Å²) >= 11 is 0. The van der Waals surface area contributed by atoms with Crippen molar-refractivity contribution in [3.63, 3.8) is 0 Å². The second-order valence-corrected chi connectivity index (χ2v) is 7.30. The molecule has 7 heteroatoms. The van der Waals surface area contributed by atoms with Gasteiger partial charge in [-0.2, -0.15) is 0 Å². The number of nitrogens with zero attached hydrogens (tertiary/aromatic N) is 3. The third-order valence-electron chi connectivity index (χ3n) is 3.84. The third kappa shape index (κ3) is 4.05. The number of benzene rings is 1. The van der Waals surface area contributed by atoms with Gasteiger partial charge in [0.15, 0.2) is 0 Å². The van der Waals surface area contributed by atoms with Crippen molar-refractivity contribution in [3.8, 4) is 0 Å². The first kappa shape index (κ1) is 15.9. The molecule has 6 nitrogen and oxygen atoms in total. The molecular formula is C16H20N4O2S. The fraction of sp³-hybridized carbons (Fsp3) is 0.375. The molecular weight excluding hydrogens is 312 g/mol. The molecule has 3 rings (SSSR count). The lowest BCUT2D eigenvalue weighted by molar-refractivity contribution is 0.566. The fourth-order valence-electron chi connectivity index (χ4n) is 2.58. The predicted molar refractivity (Wildman–Crippen MR) is 88.6 cm³/mol. The van der Waals surface area contributed by atoms with E-state index in [1.807, 2.05) is 0 Å². The van der Waals surface area contributed by atoms with E-state index in [0.29, 0.717) is 11.6 Å². The number of sulfonamides is 1. The van der Waals surface area contributed by atoms with Gasteiger partial charge in [0.2, 0.25) is 16.0 Å². The van der Waals surface area contributed by atoms with Crippen molar-refractivity contribution in [2.24, 2.45) is 0 Å². The van der Waals surface area contributed by atoms with Gasteiger partial charge in [0.25, 0.3) is 0 Å². The Bertz CT molecular complexity index is 744. The van der Waals surface area contributed by atoms with Crippen LogP contribution in [0.3, 0.4) is 0 Å². The van der Waals surface area contributed by atoms with Crippen molar-refractivity contribution in [2.75, 3.05) is 18.0 Å². The lowest BCUT2D eigenvalue weighted by atomic mass is 10.1. The maximum atomic E-state index is 12.2. The molecule has 1 fully saturated rings. The molecule has 0 atom stereocenters. The van der Waals surface area contributed by atoms with E-state index >= 15 is 0 Å². The fourth-order valence-corrected chi connectivity index (χ4v) is 3.60. The van der Waals surface area contributed by atoms with Crippen molar-refractivity contribution in [3.05, 3.63) is 48.3 Å². The van der Waals surface area contributed by atoms with Gasteiger partial charge in [-0.05, 0) is 37.5 Å². The summed E-state index contributed by atoms with van der Waals surface area (Å²) in [6.45, 7) is 2.07. The van der Waals surface area contributed by atoms with Crippen LogP contribution in [-0.4, -0.2) is 31.5 Å². The van der Waals surface area contributed by atoms with E-state index < -0.39 is 10.0 Å². The van der Waals surface area contributed by atoms with Crippen molar-refractivity contribution in [1.82, 2.24) is 14.7 Å². The summed E-state index contributed by atoms with van der Waals surface area (Å²) in [7, 11) is -3.52. The van der Waals surface area contributed by atoms with Crippen LogP contribution >= 0.6 is 0 Å². The van der Waals surface area contributed by atoms with Crippen LogP contribution in [0, 0.1) is 0 Å². The Morgan fingerprint density at radius 3 is 2.52 bits per heavy atom. The maximum absolute atomic E-state index is 12.2. The zero-order chi connectivity index (χ0) is 16.1. The van der Waals surface area contributed by atoms with Crippen molar-refractivity contribution < 1.29 is 8.42 Å². The second kappa shape index (κ2) is 7.06.